The van der Waals surface area contributed by atoms with Crippen molar-refractivity contribution in [2.75, 3.05) is 7.05 Å². The molecule has 4 bridgehead atoms. The van der Waals surface area contributed by atoms with Gasteiger partial charge in [-0.05, 0) is 76.3 Å². The summed E-state index contributed by atoms with van der Waals surface area (Å²) in [6.07, 6.45) is 4.69. The van der Waals surface area contributed by atoms with Crippen LogP contribution in [0, 0.1) is 17.3 Å². The maximum Gasteiger partial charge on any atom is 0.246 e. The van der Waals surface area contributed by atoms with Crippen molar-refractivity contribution in [3.63, 3.8) is 0 Å². The monoisotopic (exact) mass is 501 g/mol. The second-order valence-corrected chi connectivity index (χ2v) is 13.1. The molecule has 1 aromatic rings. The predicted octanol–water partition coefficient (Wildman–Crippen LogP) is 3.33. The first-order chi connectivity index (χ1) is 14.7. The van der Waals surface area contributed by atoms with Gasteiger partial charge in [-0.25, -0.2) is 8.42 Å². The van der Waals surface area contributed by atoms with Crippen LogP contribution in [0.5, 0.6) is 0 Å². The number of benzene rings is 1. The van der Waals surface area contributed by atoms with Gasteiger partial charge in [0.15, 0.2) is 0 Å². The number of likely N-dealkylation sites (N-methyl/N-ethyl adjacent to an activating group) is 1. The molecule has 2 unspecified atom stereocenters. The van der Waals surface area contributed by atoms with Gasteiger partial charge in [0.25, 0.3) is 0 Å². The van der Waals surface area contributed by atoms with E-state index >= 15 is 0 Å². The number of hydrogen-bond donors (Lipinski definition) is 2. The topological polar surface area (TPSA) is 110 Å². The second kappa shape index (κ2) is 7.58. The molecule has 176 valence electrons. The largest absolute Gasteiger partial charge is 0.369 e. The molecule has 4 aliphatic rings. The molecule has 4 saturated carbocycles. The predicted molar refractivity (Wildman–Crippen MR) is 123 cm³/mol. The van der Waals surface area contributed by atoms with Gasteiger partial charge in [-0.2, -0.15) is 4.31 Å². The molecule has 4 fully saturated rings. The number of halogens is 2. The summed E-state index contributed by atoms with van der Waals surface area (Å²) < 4.78 is 27.7. The van der Waals surface area contributed by atoms with Crippen LogP contribution in [0.3, 0.4) is 0 Å². The van der Waals surface area contributed by atoms with Crippen molar-refractivity contribution in [2.24, 2.45) is 23.0 Å². The Kier molecular flexibility index (Phi) is 5.64. The maximum absolute atomic E-state index is 13.5. The Hall–Kier alpha value is -1.35. The maximum atomic E-state index is 13.5. The molecule has 2 amide bonds. The highest BCUT2D eigenvalue weighted by Crippen LogP contribution is 2.61. The van der Waals surface area contributed by atoms with Crippen LogP contribution in [-0.4, -0.2) is 42.7 Å². The molecule has 7 nitrogen and oxygen atoms in total. The number of sulfonamides is 1. The van der Waals surface area contributed by atoms with E-state index in [1.165, 1.54) is 19.2 Å². The van der Waals surface area contributed by atoms with Gasteiger partial charge in [0, 0.05) is 12.6 Å². The Morgan fingerprint density at radius 1 is 1.12 bits per heavy atom. The number of amides is 2. The fourth-order valence-corrected chi connectivity index (χ4v) is 8.97. The van der Waals surface area contributed by atoms with Crippen molar-refractivity contribution >= 4 is 45.0 Å². The fourth-order valence-electron chi connectivity index (χ4n) is 6.40. The van der Waals surface area contributed by atoms with Crippen LogP contribution < -0.4 is 11.1 Å². The van der Waals surface area contributed by atoms with Gasteiger partial charge in [0.05, 0.1) is 15.5 Å². The first-order valence-corrected chi connectivity index (χ1v) is 13.0. The third-order valence-electron chi connectivity index (χ3n) is 7.84. The van der Waals surface area contributed by atoms with Crippen molar-refractivity contribution in [2.45, 2.75) is 68.3 Å². The van der Waals surface area contributed by atoms with Crippen molar-refractivity contribution < 1.29 is 18.0 Å². The number of carbonyl (C=O) groups is 2. The summed E-state index contributed by atoms with van der Waals surface area (Å²) >= 11 is 12.3. The molecule has 3 N–H and O–H groups in total. The number of primary amides is 1. The fraction of sp³-hybridized carbons (Fsp3) is 0.636. The van der Waals surface area contributed by atoms with E-state index in [0.29, 0.717) is 18.3 Å². The van der Waals surface area contributed by atoms with Crippen LogP contribution in [-0.2, 0) is 19.6 Å². The number of carbonyl (C=O) groups excluding carboxylic acids is 2. The van der Waals surface area contributed by atoms with E-state index < -0.39 is 32.4 Å². The lowest BCUT2D eigenvalue weighted by Gasteiger charge is -2.61. The van der Waals surface area contributed by atoms with Crippen molar-refractivity contribution in [3.8, 4) is 0 Å². The highest BCUT2D eigenvalue weighted by molar-refractivity contribution is 7.89. The Bertz CT molecular complexity index is 1050. The first-order valence-electron chi connectivity index (χ1n) is 10.8. The molecule has 32 heavy (non-hydrogen) atoms. The van der Waals surface area contributed by atoms with Crippen LogP contribution in [0.1, 0.15) is 52.4 Å². The first kappa shape index (κ1) is 23.8. The number of nitrogens with two attached hydrogens (primary N) is 1. The van der Waals surface area contributed by atoms with Crippen molar-refractivity contribution in [3.05, 3.63) is 28.2 Å². The second-order valence-electron chi connectivity index (χ2n) is 10.4. The van der Waals surface area contributed by atoms with Gasteiger partial charge in [-0.1, -0.05) is 29.3 Å². The van der Waals surface area contributed by atoms with E-state index in [1.54, 1.807) is 19.9 Å². The zero-order valence-corrected chi connectivity index (χ0v) is 20.8. The average Bonchev–Trinajstić information content (AvgIpc) is 2.65. The van der Waals surface area contributed by atoms with Gasteiger partial charge in [0.2, 0.25) is 21.8 Å². The minimum absolute atomic E-state index is 0.00922. The molecule has 10 heteroatoms. The summed E-state index contributed by atoms with van der Waals surface area (Å²) in [6, 6.07) is 4.45. The SMILES string of the molecule is CN(C(C)(C)C(=O)NC12CC3CC(C1)CC(C(N)=O)(C3)C2)S(=O)(=O)c1c(Cl)cccc1Cl. The van der Waals surface area contributed by atoms with Crippen LogP contribution in [0.15, 0.2) is 23.1 Å². The van der Waals surface area contributed by atoms with Crippen LogP contribution in [0.4, 0.5) is 0 Å². The van der Waals surface area contributed by atoms with Gasteiger partial charge >= 0.3 is 0 Å². The lowest BCUT2D eigenvalue weighted by molar-refractivity contribution is -0.152. The molecular formula is C22H29Cl2N3O4S. The van der Waals surface area contributed by atoms with E-state index in [-0.39, 0.29) is 20.8 Å². The summed E-state index contributed by atoms with van der Waals surface area (Å²) in [6.45, 7) is 3.10. The van der Waals surface area contributed by atoms with Crippen molar-refractivity contribution in [1.82, 2.24) is 9.62 Å². The minimum Gasteiger partial charge on any atom is -0.369 e. The van der Waals surface area contributed by atoms with Crippen molar-refractivity contribution in [1.29, 1.82) is 0 Å². The third-order valence-corrected chi connectivity index (χ3v) is 10.8. The van der Waals surface area contributed by atoms with E-state index in [1.807, 2.05) is 0 Å². The molecule has 1 aromatic carbocycles. The number of rotatable bonds is 6. The summed E-state index contributed by atoms with van der Waals surface area (Å²) in [5, 5.41) is 3.14. The molecule has 5 rings (SSSR count). The molecular weight excluding hydrogens is 473 g/mol. The summed E-state index contributed by atoms with van der Waals surface area (Å²) in [5.41, 5.74) is 3.25. The smallest absolute Gasteiger partial charge is 0.246 e. The van der Waals surface area contributed by atoms with Gasteiger partial charge in [-0.3, -0.25) is 9.59 Å². The Labute approximate surface area is 199 Å². The molecule has 0 aromatic heterocycles. The number of nitrogens with one attached hydrogen (secondary N) is 1. The van der Waals surface area contributed by atoms with E-state index in [0.717, 1.165) is 36.4 Å². The zero-order valence-electron chi connectivity index (χ0n) is 18.5. The summed E-state index contributed by atoms with van der Waals surface area (Å²) in [4.78, 5) is 25.6. The number of nitrogens with zero attached hydrogens (tertiary/aromatic N) is 1. The van der Waals surface area contributed by atoms with E-state index in [2.05, 4.69) is 5.32 Å². The Balaban J connectivity index is 1.61. The highest BCUT2D eigenvalue weighted by atomic mass is 35.5. The molecule has 4 aliphatic carbocycles. The summed E-state index contributed by atoms with van der Waals surface area (Å²) in [5.74, 6) is -0.0306. The third kappa shape index (κ3) is 3.63. The normalized spacial score (nSPS) is 31.7. The zero-order chi connectivity index (χ0) is 23.7. The van der Waals surface area contributed by atoms with Gasteiger partial charge in [0.1, 0.15) is 10.4 Å². The molecule has 0 heterocycles. The number of hydrogen-bond acceptors (Lipinski definition) is 4. The van der Waals surface area contributed by atoms with E-state index in [9.17, 15) is 18.0 Å². The molecule has 0 radical (unpaired) electrons. The molecule has 0 aliphatic heterocycles. The Morgan fingerprint density at radius 2 is 1.66 bits per heavy atom. The van der Waals surface area contributed by atoms with Gasteiger partial charge in [-0.15, -0.1) is 0 Å². The van der Waals surface area contributed by atoms with E-state index in [4.69, 9.17) is 28.9 Å². The quantitative estimate of drug-likeness (QED) is 0.622. The van der Waals surface area contributed by atoms with Crippen LogP contribution >= 0.6 is 23.2 Å². The summed E-state index contributed by atoms with van der Waals surface area (Å²) in [7, 11) is -2.81. The van der Waals surface area contributed by atoms with Gasteiger partial charge < -0.3 is 11.1 Å². The molecule has 2 atom stereocenters. The molecule has 0 saturated heterocycles. The minimum atomic E-state index is -4.16. The van der Waals surface area contributed by atoms with Crippen LogP contribution in [0.25, 0.3) is 0 Å². The Morgan fingerprint density at radius 3 is 2.16 bits per heavy atom. The molecule has 0 spiro atoms. The lowest BCUT2D eigenvalue weighted by atomic mass is 9.46. The van der Waals surface area contributed by atoms with Crippen LogP contribution in [0.2, 0.25) is 10.0 Å². The average molecular weight is 502 g/mol. The highest BCUT2D eigenvalue weighted by Gasteiger charge is 2.61. The standard InChI is InChI=1S/C22H29Cl2N3O4S/c1-20(2,27(3)32(30,31)17-15(23)5-4-6-16(17)24)19(29)26-22-10-13-7-14(11-22)9-21(8-13,12-22)18(25)28/h4-6,13-14H,7-12H2,1-3H3,(H2,25,28)(H,26,29). The lowest BCUT2D eigenvalue weighted by Crippen LogP contribution is -2.68.